The summed E-state index contributed by atoms with van der Waals surface area (Å²) in [7, 11) is 0. The molecule has 1 fully saturated rings. The van der Waals surface area contributed by atoms with Crippen LogP contribution in [-0.2, 0) is 6.18 Å². The van der Waals surface area contributed by atoms with Gasteiger partial charge in [-0.1, -0.05) is 13.0 Å². The Balaban J connectivity index is 1.37. The standard InChI is InChI=1S/C34H30F3N5O3/c1-2-31(44)41-13-11-40(12-14-41)30-9-5-23(18-26(30)34(35,36)37)42-32(45)10-4-21-19-38-28-7-3-20(16-25(28)33(21)42)29-17-22-15-24(43)6-8-27(22)39-29/h3-10,15-19,31,39,43-44H,2,11-14H2,1H3. The number of phenolic OH excluding ortho intramolecular Hbond substituents is 1. The predicted molar refractivity (Wildman–Crippen MR) is 169 cm³/mol. The highest BCUT2D eigenvalue weighted by molar-refractivity contribution is 6.05. The molecule has 0 bridgehead atoms. The first-order chi connectivity index (χ1) is 21.6. The van der Waals surface area contributed by atoms with Gasteiger partial charge < -0.3 is 20.1 Å². The van der Waals surface area contributed by atoms with Gasteiger partial charge >= 0.3 is 6.18 Å². The minimum atomic E-state index is -4.67. The lowest BCUT2D eigenvalue weighted by molar-refractivity contribution is -0.137. The zero-order chi connectivity index (χ0) is 31.5. The summed E-state index contributed by atoms with van der Waals surface area (Å²) in [5.41, 5.74) is 2.27. The number of pyridine rings is 2. The van der Waals surface area contributed by atoms with Crippen molar-refractivity contribution in [1.29, 1.82) is 0 Å². The van der Waals surface area contributed by atoms with Crippen LogP contribution in [0.5, 0.6) is 5.75 Å². The molecule has 7 rings (SSSR count). The van der Waals surface area contributed by atoms with Crippen molar-refractivity contribution < 1.29 is 23.4 Å². The number of hydrogen-bond acceptors (Lipinski definition) is 6. The highest BCUT2D eigenvalue weighted by Crippen LogP contribution is 2.39. The van der Waals surface area contributed by atoms with E-state index in [2.05, 4.69) is 9.97 Å². The summed E-state index contributed by atoms with van der Waals surface area (Å²) in [6.07, 6.45) is -3.13. The van der Waals surface area contributed by atoms with E-state index in [1.165, 1.54) is 16.7 Å². The zero-order valence-electron chi connectivity index (χ0n) is 24.3. The summed E-state index contributed by atoms with van der Waals surface area (Å²) >= 11 is 0. The van der Waals surface area contributed by atoms with Crippen LogP contribution in [0.3, 0.4) is 0 Å². The van der Waals surface area contributed by atoms with Gasteiger partial charge in [0.15, 0.2) is 0 Å². The van der Waals surface area contributed by atoms with E-state index in [4.69, 9.17) is 0 Å². The van der Waals surface area contributed by atoms with Gasteiger partial charge in [-0.25, -0.2) is 0 Å². The number of H-pyrrole nitrogens is 1. The van der Waals surface area contributed by atoms with E-state index in [1.807, 2.05) is 36.1 Å². The molecular weight excluding hydrogens is 583 g/mol. The van der Waals surface area contributed by atoms with Crippen LogP contribution in [0, 0.1) is 0 Å². The number of phenols is 1. The molecule has 11 heteroatoms. The first-order valence-corrected chi connectivity index (χ1v) is 14.8. The Hall–Kier alpha value is -4.87. The molecule has 3 aromatic carbocycles. The maximum absolute atomic E-state index is 14.6. The smallest absolute Gasteiger partial charge is 0.418 e. The molecule has 45 heavy (non-hydrogen) atoms. The summed E-state index contributed by atoms with van der Waals surface area (Å²) in [5, 5.41) is 22.1. The molecule has 0 amide bonds. The van der Waals surface area contributed by atoms with Crippen molar-refractivity contribution in [1.82, 2.24) is 19.4 Å². The predicted octanol–water partition coefficient (Wildman–Crippen LogP) is 6.26. The number of aromatic amines is 1. The molecule has 0 radical (unpaired) electrons. The van der Waals surface area contributed by atoms with Crippen LogP contribution in [0.15, 0.2) is 83.8 Å². The molecule has 3 aromatic heterocycles. The Morgan fingerprint density at radius 1 is 0.933 bits per heavy atom. The third-order valence-corrected chi connectivity index (χ3v) is 8.62. The number of nitrogens with one attached hydrogen (secondary N) is 1. The van der Waals surface area contributed by atoms with E-state index in [0.29, 0.717) is 54.4 Å². The first-order valence-electron chi connectivity index (χ1n) is 14.8. The van der Waals surface area contributed by atoms with Crippen LogP contribution >= 0.6 is 0 Å². The van der Waals surface area contributed by atoms with Crippen LogP contribution in [0.1, 0.15) is 18.9 Å². The van der Waals surface area contributed by atoms with Gasteiger partial charge in [0.25, 0.3) is 5.56 Å². The van der Waals surface area contributed by atoms with Crippen molar-refractivity contribution in [2.75, 3.05) is 31.1 Å². The Morgan fingerprint density at radius 2 is 1.73 bits per heavy atom. The molecule has 1 saturated heterocycles. The third kappa shape index (κ3) is 5.17. The van der Waals surface area contributed by atoms with Crippen molar-refractivity contribution in [2.45, 2.75) is 25.7 Å². The van der Waals surface area contributed by atoms with Gasteiger partial charge in [0.05, 0.1) is 22.3 Å². The number of benzene rings is 3. The third-order valence-electron chi connectivity index (χ3n) is 8.62. The number of rotatable bonds is 5. The van der Waals surface area contributed by atoms with E-state index in [1.54, 1.807) is 41.4 Å². The number of anilines is 1. The molecule has 1 aliphatic rings. The molecule has 230 valence electrons. The molecule has 0 spiro atoms. The van der Waals surface area contributed by atoms with E-state index in [0.717, 1.165) is 28.2 Å². The fraction of sp³-hybridized carbons (Fsp3) is 0.235. The Labute approximate surface area is 255 Å². The highest BCUT2D eigenvalue weighted by Gasteiger charge is 2.36. The van der Waals surface area contributed by atoms with Gasteiger partial charge in [-0.15, -0.1) is 0 Å². The number of aromatic nitrogens is 3. The average Bonchev–Trinajstić information content (AvgIpc) is 3.47. The number of hydrogen-bond donors (Lipinski definition) is 3. The van der Waals surface area contributed by atoms with E-state index < -0.39 is 23.5 Å². The number of nitrogens with zero attached hydrogens (tertiary/aromatic N) is 4. The van der Waals surface area contributed by atoms with Crippen molar-refractivity contribution in [2.24, 2.45) is 0 Å². The Morgan fingerprint density at radius 3 is 2.49 bits per heavy atom. The fourth-order valence-corrected chi connectivity index (χ4v) is 6.30. The Bertz CT molecular complexity index is 2130. The average molecular weight is 614 g/mol. The summed E-state index contributed by atoms with van der Waals surface area (Å²) < 4.78 is 45.1. The lowest BCUT2D eigenvalue weighted by atomic mass is 10.0. The molecule has 3 N–H and O–H groups in total. The molecule has 0 aliphatic carbocycles. The normalized spacial score (nSPS) is 15.4. The molecule has 0 saturated carbocycles. The van der Waals surface area contributed by atoms with Gasteiger partial charge in [-0.05, 0) is 72.6 Å². The largest absolute Gasteiger partial charge is 0.508 e. The van der Waals surface area contributed by atoms with Crippen LogP contribution in [0.25, 0.3) is 49.7 Å². The number of aliphatic hydroxyl groups is 1. The maximum Gasteiger partial charge on any atom is 0.418 e. The summed E-state index contributed by atoms with van der Waals surface area (Å²) in [5.74, 6) is 0.146. The monoisotopic (exact) mass is 613 g/mol. The number of aliphatic hydroxyl groups excluding tert-OH is 1. The number of fused-ring (bicyclic) bond motifs is 4. The second kappa shape index (κ2) is 10.9. The molecule has 1 aliphatic heterocycles. The molecule has 4 heterocycles. The molecule has 1 unspecified atom stereocenters. The second-order valence-electron chi connectivity index (χ2n) is 11.4. The fourth-order valence-electron chi connectivity index (χ4n) is 6.30. The lowest BCUT2D eigenvalue weighted by Crippen LogP contribution is -2.50. The van der Waals surface area contributed by atoms with Crippen LogP contribution < -0.4 is 10.5 Å². The van der Waals surface area contributed by atoms with Crippen LogP contribution in [-0.4, -0.2) is 62.1 Å². The highest BCUT2D eigenvalue weighted by atomic mass is 19.4. The van der Waals surface area contributed by atoms with E-state index in [9.17, 15) is 28.2 Å². The molecular formula is C34H30F3N5O3. The quantitative estimate of drug-likeness (QED) is 0.199. The number of halogens is 3. The molecule has 8 nitrogen and oxygen atoms in total. The van der Waals surface area contributed by atoms with Gasteiger partial charge in [0, 0.05) is 71.5 Å². The van der Waals surface area contributed by atoms with Crippen molar-refractivity contribution in [3.05, 3.63) is 94.9 Å². The topological polar surface area (TPSA) is 97.6 Å². The number of piperazine rings is 1. The van der Waals surface area contributed by atoms with Gasteiger partial charge in [-0.2, -0.15) is 13.2 Å². The lowest BCUT2D eigenvalue weighted by Gasteiger charge is -2.39. The van der Waals surface area contributed by atoms with Crippen molar-refractivity contribution >= 4 is 38.4 Å². The van der Waals surface area contributed by atoms with E-state index in [-0.39, 0.29) is 17.1 Å². The first kappa shape index (κ1) is 28.9. The van der Waals surface area contributed by atoms with Crippen LogP contribution in [0.4, 0.5) is 18.9 Å². The van der Waals surface area contributed by atoms with Crippen LogP contribution in [0.2, 0.25) is 0 Å². The molecule has 1 atom stereocenters. The van der Waals surface area contributed by atoms with E-state index >= 15 is 0 Å². The Kier molecular flexibility index (Phi) is 7.02. The summed E-state index contributed by atoms with van der Waals surface area (Å²) in [6, 6.07) is 19.5. The van der Waals surface area contributed by atoms with Crippen molar-refractivity contribution in [3.8, 4) is 22.7 Å². The molecule has 6 aromatic rings. The number of alkyl halides is 3. The van der Waals surface area contributed by atoms with Crippen molar-refractivity contribution in [3.63, 3.8) is 0 Å². The minimum absolute atomic E-state index is 0.0452. The zero-order valence-corrected chi connectivity index (χ0v) is 24.3. The van der Waals surface area contributed by atoms with Gasteiger partial charge in [0.1, 0.15) is 12.0 Å². The maximum atomic E-state index is 14.6. The second-order valence-corrected chi connectivity index (χ2v) is 11.4. The SMILES string of the molecule is CCC(O)N1CCN(c2ccc(-n3c(=O)ccc4cnc5ccc(-c6cc7cc(O)ccc7[nH]6)cc5c43)cc2C(F)(F)F)CC1. The summed E-state index contributed by atoms with van der Waals surface area (Å²) in [4.78, 5) is 24.9. The number of aromatic hydroxyl groups is 1. The van der Waals surface area contributed by atoms with Gasteiger partial charge in [-0.3, -0.25) is 19.2 Å². The van der Waals surface area contributed by atoms with Gasteiger partial charge in [0.2, 0.25) is 0 Å². The minimum Gasteiger partial charge on any atom is -0.508 e. The summed E-state index contributed by atoms with van der Waals surface area (Å²) in [6.45, 7) is 3.41.